The fourth-order valence-corrected chi connectivity index (χ4v) is 4.01. The number of rotatable bonds is 6. The van der Waals surface area contributed by atoms with E-state index in [4.69, 9.17) is 9.15 Å². The number of likely N-dealkylation sites (tertiary alicyclic amines) is 2. The summed E-state index contributed by atoms with van der Waals surface area (Å²) in [6.45, 7) is 3.09. The summed E-state index contributed by atoms with van der Waals surface area (Å²) < 4.78 is 10.7. The van der Waals surface area contributed by atoms with E-state index < -0.39 is 17.7 Å². The lowest BCUT2D eigenvalue weighted by Gasteiger charge is -2.25. The number of carbonyl (C=O) groups excluding carboxylic acids is 2. The van der Waals surface area contributed by atoms with E-state index in [1.165, 1.54) is 11.2 Å². The lowest BCUT2D eigenvalue weighted by Crippen LogP contribution is -2.37. The molecule has 0 aliphatic carbocycles. The largest absolute Gasteiger partial charge is 0.507 e. The molecule has 2 aliphatic rings. The normalized spacial score (nSPS) is 21.8. The Bertz CT molecular complexity index is 911. The number of hydrogen-bond donors (Lipinski definition) is 1. The maximum atomic E-state index is 12.9. The van der Waals surface area contributed by atoms with Crippen molar-refractivity contribution in [3.8, 4) is 5.75 Å². The van der Waals surface area contributed by atoms with Crippen LogP contribution in [0.2, 0.25) is 0 Å². The molecule has 1 amide bonds. The van der Waals surface area contributed by atoms with Gasteiger partial charge < -0.3 is 24.1 Å². The SMILES string of the molecule is COc1ccc(/C(O)=C2\C(=O)C(=O)N(CCN3CCCC3)C2c2ccco2)cc1. The number of nitrogens with zero attached hydrogens (tertiary/aromatic N) is 2. The number of aliphatic hydroxyl groups excluding tert-OH is 1. The molecule has 7 heteroatoms. The van der Waals surface area contributed by atoms with Gasteiger partial charge in [-0.05, 0) is 62.3 Å². The van der Waals surface area contributed by atoms with E-state index >= 15 is 0 Å². The Morgan fingerprint density at radius 3 is 2.48 bits per heavy atom. The Kier molecular flexibility index (Phi) is 5.40. The summed E-state index contributed by atoms with van der Waals surface area (Å²) in [6.07, 6.45) is 3.80. The van der Waals surface area contributed by atoms with E-state index in [9.17, 15) is 14.7 Å². The van der Waals surface area contributed by atoms with Gasteiger partial charge in [0.1, 0.15) is 23.3 Å². The number of aliphatic hydroxyl groups is 1. The van der Waals surface area contributed by atoms with Crippen molar-refractivity contribution in [3.05, 3.63) is 59.6 Å². The highest BCUT2D eigenvalue weighted by Crippen LogP contribution is 2.39. The van der Waals surface area contributed by atoms with E-state index in [-0.39, 0.29) is 11.3 Å². The van der Waals surface area contributed by atoms with Crippen LogP contribution in [0.1, 0.15) is 30.2 Å². The second-order valence-electron chi connectivity index (χ2n) is 7.29. The number of hydrogen-bond acceptors (Lipinski definition) is 6. The number of methoxy groups -OCH3 is 1. The minimum atomic E-state index is -0.741. The lowest BCUT2D eigenvalue weighted by molar-refractivity contribution is -0.140. The second-order valence-corrected chi connectivity index (χ2v) is 7.29. The molecule has 1 N–H and O–H groups in total. The Balaban J connectivity index is 1.70. The molecule has 0 radical (unpaired) electrons. The fourth-order valence-electron chi connectivity index (χ4n) is 4.01. The number of benzene rings is 1. The Morgan fingerprint density at radius 2 is 1.86 bits per heavy atom. The zero-order valence-electron chi connectivity index (χ0n) is 16.3. The van der Waals surface area contributed by atoms with Crippen molar-refractivity contribution in [1.82, 2.24) is 9.80 Å². The first-order valence-electron chi connectivity index (χ1n) is 9.78. The predicted molar refractivity (Wildman–Crippen MR) is 106 cm³/mol. The number of ether oxygens (including phenoxy) is 1. The zero-order valence-corrected chi connectivity index (χ0v) is 16.3. The van der Waals surface area contributed by atoms with Gasteiger partial charge in [-0.1, -0.05) is 0 Å². The van der Waals surface area contributed by atoms with Crippen LogP contribution in [-0.4, -0.2) is 59.9 Å². The average Bonchev–Trinajstić information content (AvgIpc) is 3.49. The fraction of sp³-hybridized carbons (Fsp3) is 0.364. The van der Waals surface area contributed by atoms with E-state index in [1.54, 1.807) is 43.5 Å². The number of ketones is 1. The standard InChI is InChI=1S/C22H24N2O5/c1-28-16-8-6-15(7-9-16)20(25)18-19(17-5-4-14-29-17)24(22(27)21(18)26)13-12-23-10-2-3-11-23/h4-9,14,19,25H,2-3,10-13H2,1H3/b20-18+. The molecule has 7 nitrogen and oxygen atoms in total. The highest BCUT2D eigenvalue weighted by molar-refractivity contribution is 6.46. The van der Waals surface area contributed by atoms with Gasteiger partial charge >= 0.3 is 0 Å². The molecule has 4 rings (SSSR count). The summed E-state index contributed by atoms with van der Waals surface area (Å²) in [4.78, 5) is 29.5. The molecule has 3 heterocycles. The van der Waals surface area contributed by atoms with E-state index in [2.05, 4.69) is 4.90 Å². The maximum absolute atomic E-state index is 12.9. The van der Waals surface area contributed by atoms with Crippen molar-refractivity contribution in [1.29, 1.82) is 0 Å². The Hall–Kier alpha value is -3.06. The Labute approximate surface area is 169 Å². The smallest absolute Gasteiger partial charge is 0.295 e. The van der Waals surface area contributed by atoms with Crippen LogP contribution in [0.25, 0.3) is 5.76 Å². The zero-order chi connectivity index (χ0) is 20.4. The third-order valence-electron chi connectivity index (χ3n) is 5.57. The molecule has 0 spiro atoms. The molecule has 2 saturated heterocycles. The molecule has 2 aliphatic heterocycles. The van der Waals surface area contributed by atoms with Crippen molar-refractivity contribution < 1.29 is 23.8 Å². The monoisotopic (exact) mass is 396 g/mol. The molecule has 1 aromatic heterocycles. The summed E-state index contributed by atoms with van der Waals surface area (Å²) in [7, 11) is 1.55. The van der Waals surface area contributed by atoms with Crippen LogP contribution in [0, 0.1) is 0 Å². The second kappa shape index (κ2) is 8.13. The van der Waals surface area contributed by atoms with Gasteiger partial charge in [0.05, 0.1) is 18.9 Å². The van der Waals surface area contributed by atoms with Crippen LogP contribution in [0.15, 0.2) is 52.7 Å². The summed E-state index contributed by atoms with van der Waals surface area (Å²) in [6, 6.07) is 9.40. The third kappa shape index (κ3) is 3.65. The van der Waals surface area contributed by atoms with Gasteiger partial charge in [-0.15, -0.1) is 0 Å². The van der Waals surface area contributed by atoms with Crippen molar-refractivity contribution in [2.24, 2.45) is 0 Å². The van der Waals surface area contributed by atoms with Crippen LogP contribution >= 0.6 is 0 Å². The van der Waals surface area contributed by atoms with Crippen molar-refractivity contribution in [2.45, 2.75) is 18.9 Å². The Morgan fingerprint density at radius 1 is 1.14 bits per heavy atom. The van der Waals surface area contributed by atoms with Gasteiger partial charge in [-0.25, -0.2) is 0 Å². The summed E-state index contributed by atoms with van der Waals surface area (Å²) >= 11 is 0. The molecule has 1 atom stereocenters. The summed E-state index contributed by atoms with van der Waals surface area (Å²) in [5, 5.41) is 10.9. The maximum Gasteiger partial charge on any atom is 0.295 e. The number of amides is 1. The predicted octanol–water partition coefficient (Wildman–Crippen LogP) is 2.81. The first-order chi connectivity index (χ1) is 14.1. The molecular formula is C22H24N2O5. The molecule has 0 bridgehead atoms. The van der Waals surface area contributed by atoms with Crippen molar-refractivity contribution >= 4 is 17.4 Å². The molecular weight excluding hydrogens is 372 g/mol. The molecule has 2 fully saturated rings. The number of Topliss-reactive ketones (excluding diaryl/α,β-unsaturated/α-hetero) is 1. The highest BCUT2D eigenvalue weighted by Gasteiger charge is 2.47. The van der Waals surface area contributed by atoms with Crippen LogP contribution in [0.3, 0.4) is 0 Å². The molecule has 2 aromatic rings. The highest BCUT2D eigenvalue weighted by atomic mass is 16.5. The van der Waals surface area contributed by atoms with Crippen molar-refractivity contribution in [3.63, 3.8) is 0 Å². The molecule has 29 heavy (non-hydrogen) atoms. The first-order valence-corrected chi connectivity index (χ1v) is 9.78. The van der Waals surface area contributed by atoms with E-state index in [1.807, 2.05) is 0 Å². The van der Waals surface area contributed by atoms with Gasteiger partial charge in [0.25, 0.3) is 11.7 Å². The number of furan rings is 1. The van der Waals surface area contributed by atoms with Crippen LogP contribution < -0.4 is 4.74 Å². The van der Waals surface area contributed by atoms with E-state index in [0.717, 1.165) is 25.9 Å². The van der Waals surface area contributed by atoms with Gasteiger partial charge in [-0.3, -0.25) is 9.59 Å². The van der Waals surface area contributed by atoms with Crippen LogP contribution in [0.5, 0.6) is 5.75 Å². The minimum Gasteiger partial charge on any atom is -0.507 e. The van der Waals surface area contributed by atoms with Crippen molar-refractivity contribution in [2.75, 3.05) is 33.3 Å². The van der Waals surface area contributed by atoms with E-state index in [0.29, 0.717) is 30.2 Å². The summed E-state index contributed by atoms with van der Waals surface area (Å²) in [5.41, 5.74) is 0.497. The minimum absolute atomic E-state index is 0.0524. The van der Waals surface area contributed by atoms with Gasteiger partial charge in [0.15, 0.2) is 0 Å². The molecule has 152 valence electrons. The number of carbonyl (C=O) groups is 2. The molecule has 1 unspecified atom stereocenters. The van der Waals surface area contributed by atoms with Gasteiger partial charge in [0, 0.05) is 18.7 Å². The topological polar surface area (TPSA) is 83.2 Å². The van der Waals surface area contributed by atoms with Crippen LogP contribution in [-0.2, 0) is 9.59 Å². The quantitative estimate of drug-likeness (QED) is 0.459. The lowest BCUT2D eigenvalue weighted by atomic mass is 9.99. The molecule has 0 saturated carbocycles. The van der Waals surface area contributed by atoms with Gasteiger partial charge in [0.2, 0.25) is 0 Å². The summed E-state index contributed by atoms with van der Waals surface area (Å²) in [5.74, 6) is -0.422. The molecule has 1 aromatic carbocycles. The van der Waals surface area contributed by atoms with Crippen LogP contribution in [0.4, 0.5) is 0 Å². The average molecular weight is 396 g/mol. The third-order valence-corrected chi connectivity index (χ3v) is 5.57. The van der Waals surface area contributed by atoms with Gasteiger partial charge in [-0.2, -0.15) is 0 Å². The first kappa shape index (κ1) is 19.3.